The number of rotatable bonds is 2. The highest BCUT2D eigenvalue weighted by Crippen LogP contribution is 2.21. The van der Waals surface area contributed by atoms with Gasteiger partial charge in [0.2, 0.25) is 0 Å². The van der Waals surface area contributed by atoms with Crippen molar-refractivity contribution in [3.05, 3.63) is 59.9 Å². The first-order valence-electron chi connectivity index (χ1n) is 7.49. The topological polar surface area (TPSA) is 39.1 Å². The summed E-state index contributed by atoms with van der Waals surface area (Å²) in [7, 11) is 1.95. The summed E-state index contributed by atoms with van der Waals surface area (Å²) in [5.74, 6) is 2.20. The van der Waals surface area contributed by atoms with Gasteiger partial charge in [-0.1, -0.05) is 0 Å². The van der Waals surface area contributed by atoms with E-state index in [1.165, 1.54) is 60.2 Å². The third-order valence-electron chi connectivity index (χ3n) is 3.51. The average molecular weight is 329 g/mol. The Morgan fingerprint density at radius 1 is 1.04 bits per heavy atom. The molecule has 1 fully saturated rings. The Labute approximate surface area is 141 Å². The molecule has 0 spiro atoms. The molecular weight excluding hydrogens is 309 g/mol. The second-order valence-electron chi connectivity index (χ2n) is 5.01. The van der Waals surface area contributed by atoms with E-state index in [1.807, 2.05) is 24.9 Å². The molecule has 1 heterocycles. The highest BCUT2D eigenvalue weighted by atomic mass is 32.2. The quantitative estimate of drug-likeness (QED) is 0.904. The van der Waals surface area contributed by atoms with Gasteiger partial charge in [0.1, 0.15) is 5.82 Å². The molecule has 0 radical (unpaired) electrons. The number of nitrogens with zero attached hydrogens (tertiary/aromatic N) is 2. The largest absolute Gasteiger partial charge is 0.388 e. The summed E-state index contributed by atoms with van der Waals surface area (Å²) in [5.41, 5.74) is 3.01. The molecule has 1 N–H and O–H groups in total. The predicted octanol–water partition coefficient (Wildman–Crippen LogP) is 3.98. The highest BCUT2D eigenvalue weighted by Gasteiger charge is 2.10. The molecule has 1 saturated heterocycles. The lowest BCUT2D eigenvalue weighted by Gasteiger charge is -2.28. The van der Waals surface area contributed by atoms with E-state index in [2.05, 4.69) is 34.5 Å². The van der Waals surface area contributed by atoms with Crippen LogP contribution in [-0.2, 0) is 0 Å². The Morgan fingerprint density at radius 3 is 2.17 bits per heavy atom. The van der Waals surface area contributed by atoms with Gasteiger partial charge in [0.05, 0.1) is 11.6 Å². The molecule has 0 saturated carbocycles. The first-order valence-corrected chi connectivity index (χ1v) is 8.64. The van der Waals surface area contributed by atoms with E-state index in [9.17, 15) is 4.39 Å². The summed E-state index contributed by atoms with van der Waals surface area (Å²) in [6.07, 6.45) is 0. The van der Waals surface area contributed by atoms with Gasteiger partial charge in [-0.2, -0.15) is 17.0 Å². The maximum atomic E-state index is 12.1. The zero-order valence-corrected chi connectivity index (χ0v) is 13.9. The number of hydrogen-bond donors (Lipinski definition) is 1. The Morgan fingerprint density at radius 2 is 1.65 bits per heavy atom. The molecule has 0 aromatic heterocycles. The van der Waals surface area contributed by atoms with Crippen LogP contribution >= 0.6 is 11.8 Å². The van der Waals surface area contributed by atoms with Crippen LogP contribution in [0.3, 0.4) is 0 Å². The van der Waals surface area contributed by atoms with Crippen molar-refractivity contribution in [2.45, 2.75) is 0 Å². The second-order valence-corrected chi connectivity index (χ2v) is 6.24. The summed E-state index contributed by atoms with van der Waals surface area (Å²) < 4.78 is 12.1. The Balaban J connectivity index is 0.000000185. The molecule has 3 nitrogen and oxygen atoms in total. The smallest absolute Gasteiger partial charge is 0.123 e. The number of benzene rings is 2. The van der Waals surface area contributed by atoms with Gasteiger partial charge < -0.3 is 10.2 Å². The number of nitrogens with one attached hydrogen (secondary N) is 1. The minimum Gasteiger partial charge on any atom is -0.388 e. The molecule has 0 amide bonds. The molecule has 23 heavy (non-hydrogen) atoms. The maximum Gasteiger partial charge on any atom is 0.123 e. The minimum atomic E-state index is -0.311. The van der Waals surface area contributed by atoms with E-state index in [1.54, 1.807) is 0 Å². The van der Waals surface area contributed by atoms with Crippen LogP contribution in [0.5, 0.6) is 0 Å². The zero-order valence-electron chi connectivity index (χ0n) is 13.1. The van der Waals surface area contributed by atoms with Crippen molar-refractivity contribution >= 4 is 23.1 Å². The monoisotopic (exact) mass is 329 g/mol. The molecule has 3 rings (SSSR count). The number of anilines is 2. The highest BCUT2D eigenvalue weighted by molar-refractivity contribution is 7.99. The SMILES string of the molecule is CNc1ccc(N2CCSCC2)cc1.N#Cc1ccc(F)cc1. The molecule has 0 unspecified atom stereocenters. The van der Waals surface area contributed by atoms with Crippen molar-refractivity contribution in [2.75, 3.05) is 41.9 Å². The molecule has 5 heteroatoms. The molecule has 120 valence electrons. The van der Waals surface area contributed by atoms with Crippen LogP contribution in [-0.4, -0.2) is 31.6 Å². The average Bonchev–Trinajstić information content (AvgIpc) is 2.64. The first kappa shape index (κ1) is 17.2. The summed E-state index contributed by atoms with van der Waals surface area (Å²) >= 11 is 2.05. The fourth-order valence-corrected chi connectivity index (χ4v) is 3.09. The minimum absolute atomic E-state index is 0.311. The van der Waals surface area contributed by atoms with Gasteiger partial charge in [0.25, 0.3) is 0 Å². The Hall–Kier alpha value is -2.19. The van der Waals surface area contributed by atoms with Gasteiger partial charge in [0.15, 0.2) is 0 Å². The number of halogens is 1. The van der Waals surface area contributed by atoms with E-state index in [0.29, 0.717) is 5.56 Å². The number of nitriles is 1. The molecule has 1 aliphatic rings. The third kappa shape index (κ3) is 5.50. The van der Waals surface area contributed by atoms with Gasteiger partial charge in [-0.05, 0) is 48.5 Å². The Bertz CT molecular complexity index is 629. The maximum absolute atomic E-state index is 12.1. The number of thioether (sulfide) groups is 1. The van der Waals surface area contributed by atoms with Crippen molar-refractivity contribution < 1.29 is 4.39 Å². The van der Waals surface area contributed by atoms with E-state index in [0.717, 1.165) is 0 Å². The predicted molar refractivity (Wildman–Crippen MR) is 96.6 cm³/mol. The lowest BCUT2D eigenvalue weighted by atomic mass is 10.2. The van der Waals surface area contributed by atoms with Crippen LogP contribution in [0.4, 0.5) is 15.8 Å². The molecule has 0 bridgehead atoms. The molecule has 2 aromatic rings. The van der Waals surface area contributed by atoms with Gasteiger partial charge in [0, 0.05) is 43.0 Å². The molecular formula is C18H20FN3S. The second kappa shape index (κ2) is 9.06. The van der Waals surface area contributed by atoms with Crippen LogP contribution in [0.2, 0.25) is 0 Å². The standard InChI is InChI=1S/C11H16N2S.C7H4FN/c1-12-10-2-4-11(5-3-10)13-6-8-14-9-7-13;8-7-3-1-6(5-9)2-4-7/h2-5,12H,6-9H2,1H3;1-4H. The van der Waals surface area contributed by atoms with Gasteiger partial charge in [-0.15, -0.1) is 0 Å². The van der Waals surface area contributed by atoms with Crippen molar-refractivity contribution in [2.24, 2.45) is 0 Å². The fourth-order valence-electron chi connectivity index (χ4n) is 2.18. The van der Waals surface area contributed by atoms with Crippen LogP contribution in [0, 0.1) is 17.1 Å². The molecule has 1 aliphatic heterocycles. The van der Waals surface area contributed by atoms with Crippen molar-refractivity contribution in [1.82, 2.24) is 0 Å². The van der Waals surface area contributed by atoms with Crippen molar-refractivity contribution in [3.63, 3.8) is 0 Å². The fraction of sp³-hybridized carbons (Fsp3) is 0.278. The van der Waals surface area contributed by atoms with Crippen molar-refractivity contribution in [3.8, 4) is 6.07 Å². The Kier molecular flexibility index (Phi) is 6.76. The van der Waals surface area contributed by atoms with Crippen molar-refractivity contribution in [1.29, 1.82) is 5.26 Å². The van der Waals surface area contributed by atoms with Gasteiger partial charge >= 0.3 is 0 Å². The van der Waals surface area contributed by atoms with E-state index >= 15 is 0 Å². The van der Waals surface area contributed by atoms with Crippen LogP contribution < -0.4 is 10.2 Å². The lowest BCUT2D eigenvalue weighted by molar-refractivity contribution is 0.627. The summed E-state index contributed by atoms with van der Waals surface area (Å²) in [4.78, 5) is 2.45. The third-order valence-corrected chi connectivity index (χ3v) is 4.45. The first-order chi connectivity index (χ1) is 11.2. The molecule has 0 aliphatic carbocycles. The van der Waals surface area contributed by atoms with E-state index in [-0.39, 0.29) is 5.82 Å². The zero-order chi connectivity index (χ0) is 16.5. The molecule has 0 atom stereocenters. The van der Waals surface area contributed by atoms with E-state index < -0.39 is 0 Å². The lowest BCUT2D eigenvalue weighted by Crippen LogP contribution is -2.32. The normalized spacial score (nSPS) is 13.5. The number of hydrogen-bond acceptors (Lipinski definition) is 4. The van der Waals surface area contributed by atoms with Crippen LogP contribution in [0.1, 0.15) is 5.56 Å². The summed E-state index contributed by atoms with van der Waals surface area (Å²) in [6.45, 7) is 2.37. The van der Waals surface area contributed by atoms with Gasteiger partial charge in [-0.3, -0.25) is 0 Å². The van der Waals surface area contributed by atoms with Gasteiger partial charge in [-0.25, -0.2) is 4.39 Å². The van der Waals surface area contributed by atoms with Crippen LogP contribution in [0.15, 0.2) is 48.5 Å². The molecule has 2 aromatic carbocycles. The summed E-state index contributed by atoms with van der Waals surface area (Å²) in [5, 5.41) is 11.4. The van der Waals surface area contributed by atoms with E-state index in [4.69, 9.17) is 5.26 Å². The van der Waals surface area contributed by atoms with Crippen LogP contribution in [0.25, 0.3) is 0 Å². The summed E-state index contributed by atoms with van der Waals surface area (Å²) in [6, 6.07) is 16.0.